The predicted octanol–water partition coefficient (Wildman–Crippen LogP) is 4.43. The maximum Gasteiger partial charge on any atom is 0.251 e. The normalized spacial score (nSPS) is 12.0. The minimum Gasteiger partial charge on any atom is -0.342 e. The number of carbonyl (C=O) groups excluding carboxylic acids is 2. The highest BCUT2D eigenvalue weighted by Crippen LogP contribution is 2.25. The van der Waals surface area contributed by atoms with Crippen LogP contribution in [0.1, 0.15) is 47.2 Å². The lowest BCUT2D eigenvalue weighted by Crippen LogP contribution is -2.33. The van der Waals surface area contributed by atoms with Crippen LogP contribution in [0, 0.1) is 25.6 Å². The van der Waals surface area contributed by atoms with Gasteiger partial charge in [0.25, 0.3) is 5.91 Å². The van der Waals surface area contributed by atoms with E-state index < -0.39 is 5.82 Å². The molecule has 0 bridgehead atoms. The first-order valence-corrected chi connectivity index (χ1v) is 11.6. The van der Waals surface area contributed by atoms with Crippen molar-refractivity contribution in [1.29, 1.82) is 0 Å². The molecule has 9 heteroatoms. The Labute approximate surface area is 197 Å². The van der Waals surface area contributed by atoms with E-state index in [0.717, 1.165) is 11.1 Å². The zero-order valence-electron chi connectivity index (χ0n) is 19.3. The van der Waals surface area contributed by atoms with Gasteiger partial charge in [0.1, 0.15) is 5.82 Å². The quantitative estimate of drug-likeness (QED) is 0.477. The Balaban J connectivity index is 1.67. The van der Waals surface area contributed by atoms with Gasteiger partial charge in [0.05, 0.1) is 11.8 Å². The summed E-state index contributed by atoms with van der Waals surface area (Å²) in [5.74, 6) is -0.103. The number of aromatic nitrogens is 3. The number of thioether (sulfide) groups is 1. The molecule has 0 aliphatic heterocycles. The van der Waals surface area contributed by atoms with Crippen molar-refractivity contribution >= 4 is 29.3 Å². The number of carbonyl (C=O) groups is 2. The third-order valence-electron chi connectivity index (χ3n) is 5.22. The molecule has 1 aromatic heterocycles. The van der Waals surface area contributed by atoms with Crippen LogP contribution >= 0.6 is 11.8 Å². The summed E-state index contributed by atoms with van der Waals surface area (Å²) in [6.07, 6.45) is 0. The third kappa shape index (κ3) is 6.19. The highest BCUT2D eigenvalue weighted by molar-refractivity contribution is 7.99. The van der Waals surface area contributed by atoms with Crippen LogP contribution in [-0.2, 0) is 11.8 Å². The summed E-state index contributed by atoms with van der Waals surface area (Å²) in [7, 11) is 1.81. The van der Waals surface area contributed by atoms with Gasteiger partial charge in [-0.2, -0.15) is 0 Å². The Bertz CT molecular complexity index is 1140. The first-order chi connectivity index (χ1) is 15.7. The van der Waals surface area contributed by atoms with Crippen LogP contribution in [0.4, 0.5) is 10.1 Å². The molecule has 1 heterocycles. The summed E-state index contributed by atoms with van der Waals surface area (Å²) in [5, 5.41) is 14.8. The summed E-state index contributed by atoms with van der Waals surface area (Å²) in [5.41, 5.74) is 2.88. The second-order valence-corrected chi connectivity index (χ2v) is 9.20. The minimum absolute atomic E-state index is 0.0689. The molecule has 0 unspecified atom stereocenters. The number of halogens is 1. The molecule has 0 aliphatic carbocycles. The molecule has 2 aromatic carbocycles. The lowest BCUT2D eigenvalue weighted by Gasteiger charge is -2.21. The first-order valence-electron chi connectivity index (χ1n) is 10.6. The largest absolute Gasteiger partial charge is 0.342 e. The molecule has 0 saturated heterocycles. The Morgan fingerprint density at radius 2 is 1.79 bits per heavy atom. The van der Waals surface area contributed by atoms with Crippen LogP contribution in [0.3, 0.4) is 0 Å². The maximum absolute atomic E-state index is 13.5. The van der Waals surface area contributed by atoms with Gasteiger partial charge >= 0.3 is 0 Å². The van der Waals surface area contributed by atoms with Gasteiger partial charge in [0.2, 0.25) is 5.91 Å². The van der Waals surface area contributed by atoms with Crippen LogP contribution in [-0.4, -0.2) is 32.3 Å². The molecule has 174 valence electrons. The van der Waals surface area contributed by atoms with Crippen LogP contribution in [0.2, 0.25) is 0 Å². The summed E-state index contributed by atoms with van der Waals surface area (Å²) in [6, 6.07) is 11.3. The highest BCUT2D eigenvalue weighted by atomic mass is 32.2. The van der Waals surface area contributed by atoms with Gasteiger partial charge in [0, 0.05) is 18.3 Å². The third-order valence-corrected chi connectivity index (χ3v) is 6.24. The number of nitrogens with zero attached hydrogens (tertiary/aromatic N) is 3. The Morgan fingerprint density at radius 1 is 1.09 bits per heavy atom. The van der Waals surface area contributed by atoms with Crippen molar-refractivity contribution in [1.82, 2.24) is 20.1 Å². The van der Waals surface area contributed by atoms with Crippen molar-refractivity contribution in [2.24, 2.45) is 13.0 Å². The van der Waals surface area contributed by atoms with E-state index in [1.807, 2.05) is 32.9 Å². The summed E-state index contributed by atoms with van der Waals surface area (Å²) in [6.45, 7) is 7.76. The van der Waals surface area contributed by atoms with Crippen LogP contribution in [0.5, 0.6) is 0 Å². The van der Waals surface area contributed by atoms with E-state index in [-0.39, 0.29) is 29.5 Å². The topological polar surface area (TPSA) is 88.9 Å². The fourth-order valence-corrected chi connectivity index (χ4v) is 3.94. The van der Waals surface area contributed by atoms with Gasteiger partial charge in [-0.05, 0) is 49.6 Å². The molecule has 0 saturated carbocycles. The molecule has 0 radical (unpaired) electrons. The Kier molecular flexibility index (Phi) is 7.86. The molecule has 3 rings (SSSR count). The number of nitrogens with one attached hydrogen (secondary N) is 2. The summed E-state index contributed by atoms with van der Waals surface area (Å²) < 4.78 is 15.2. The van der Waals surface area contributed by atoms with E-state index in [1.165, 1.54) is 23.9 Å². The number of anilines is 1. The van der Waals surface area contributed by atoms with E-state index in [4.69, 9.17) is 0 Å². The van der Waals surface area contributed by atoms with Gasteiger partial charge in [0.15, 0.2) is 11.0 Å². The number of aryl methyl sites for hydroxylation is 2. The number of hydrogen-bond acceptors (Lipinski definition) is 5. The smallest absolute Gasteiger partial charge is 0.251 e. The molecule has 7 nitrogen and oxygen atoms in total. The van der Waals surface area contributed by atoms with Gasteiger partial charge in [-0.3, -0.25) is 9.59 Å². The Hall–Kier alpha value is -3.20. The van der Waals surface area contributed by atoms with Gasteiger partial charge in [-0.15, -0.1) is 10.2 Å². The fraction of sp³-hybridized carbons (Fsp3) is 0.333. The minimum atomic E-state index is -0.408. The SMILES string of the molecule is Cc1ccc(C(=O)N[C@H](c2nnc(SCC(=O)Nc3cc(F)ccc3C)n2C)C(C)C)cc1. The zero-order valence-corrected chi connectivity index (χ0v) is 20.2. The van der Waals surface area contributed by atoms with E-state index >= 15 is 0 Å². The number of amides is 2. The zero-order chi connectivity index (χ0) is 24.1. The van der Waals surface area contributed by atoms with Crippen molar-refractivity contribution in [3.05, 3.63) is 70.8 Å². The molecule has 33 heavy (non-hydrogen) atoms. The van der Waals surface area contributed by atoms with E-state index in [2.05, 4.69) is 20.8 Å². The van der Waals surface area contributed by atoms with Crippen LogP contribution < -0.4 is 10.6 Å². The fourth-order valence-electron chi connectivity index (χ4n) is 3.23. The van der Waals surface area contributed by atoms with Crippen molar-refractivity contribution in [2.75, 3.05) is 11.1 Å². The maximum atomic E-state index is 13.5. The molecule has 2 N–H and O–H groups in total. The average Bonchev–Trinajstić information content (AvgIpc) is 3.13. The molecule has 3 aromatic rings. The lowest BCUT2D eigenvalue weighted by molar-refractivity contribution is -0.113. The van der Waals surface area contributed by atoms with E-state index in [9.17, 15) is 14.0 Å². The van der Waals surface area contributed by atoms with Gasteiger partial charge in [-0.25, -0.2) is 4.39 Å². The number of hydrogen-bond donors (Lipinski definition) is 2. The second-order valence-electron chi connectivity index (χ2n) is 8.26. The average molecular weight is 470 g/mol. The van der Waals surface area contributed by atoms with Crippen LogP contribution in [0.15, 0.2) is 47.6 Å². The number of rotatable bonds is 8. The van der Waals surface area contributed by atoms with Crippen molar-refractivity contribution < 1.29 is 14.0 Å². The number of benzene rings is 2. The van der Waals surface area contributed by atoms with Crippen molar-refractivity contribution in [3.63, 3.8) is 0 Å². The molecule has 0 fully saturated rings. The molecule has 2 amide bonds. The van der Waals surface area contributed by atoms with Crippen molar-refractivity contribution in [3.8, 4) is 0 Å². The monoisotopic (exact) mass is 469 g/mol. The molecular weight excluding hydrogens is 441 g/mol. The van der Waals surface area contributed by atoms with Gasteiger partial charge < -0.3 is 15.2 Å². The standard InChI is InChI=1S/C24H28FN5O2S/c1-14(2)21(27-23(32)17-9-6-15(3)7-10-17)22-28-29-24(30(22)5)33-13-20(31)26-19-12-18(25)11-8-16(19)4/h6-12,14,21H,13H2,1-5H3,(H,26,31)(H,27,32)/t21-/m0/s1. The van der Waals surface area contributed by atoms with Gasteiger partial charge in [-0.1, -0.05) is 49.4 Å². The van der Waals surface area contributed by atoms with Crippen LogP contribution in [0.25, 0.3) is 0 Å². The van der Waals surface area contributed by atoms with E-state index in [0.29, 0.717) is 22.2 Å². The highest BCUT2D eigenvalue weighted by Gasteiger charge is 2.25. The molecule has 0 spiro atoms. The van der Waals surface area contributed by atoms with Crippen molar-refractivity contribution in [2.45, 2.75) is 38.9 Å². The lowest BCUT2D eigenvalue weighted by atomic mass is 10.0. The first kappa shape index (κ1) is 24.4. The second kappa shape index (κ2) is 10.6. The molecular formula is C24H28FN5O2S. The predicted molar refractivity (Wildman–Crippen MR) is 128 cm³/mol. The Morgan fingerprint density at radius 3 is 2.45 bits per heavy atom. The molecule has 0 aliphatic rings. The molecule has 1 atom stereocenters. The summed E-state index contributed by atoms with van der Waals surface area (Å²) in [4.78, 5) is 25.1. The summed E-state index contributed by atoms with van der Waals surface area (Å²) >= 11 is 1.22. The van der Waals surface area contributed by atoms with E-state index in [1.54, 1.807) is 36.7 Å².